The van der Waals surface area contributed by atoms with Crippen molar-refractivity contribution in [1.82, 2.24) is 14.7 Å². The van der Waals surface area contributed by atoms with Crippen molar-refractivity contribution in [2.75, 3.05) is 7.05 Å². The molecule has 144 valence electrons. The molecule has 4 aromatic rings. The number of amides is 1. The van der Waals surface area contributed by atoms with Gasteiger partial charge in [0.25, 0.3) is 5.91 Å². The number of hydrogen-bond acceptors (Lipinski definition) is 4. The number of furan rings is 1. The van der Waals surface area contributed by atoms with Crippen molar-refractivity contribution in [3.8, 4) is 0 Å². The number of fused-ring (bicyclic) bond motifs is 1. The molecular weight excluding hydrogens is 394 g/mol. The van der Waals surface area contributed by atoms with Crippen LogP contribution in [0, 0.1) is 13.8 Å². The molecule has 0 saturated heterocycles. The van der Waals surface area contributed by atoms with Crippen LogP contribution in [0.1, 0.15) is 32.4 Å². The molecule has 0 fully saturated rings. The third-order valence-corrected chi connectivity index (χ3v) is 5.99. The monoisotopic (exact) mass is 413 g/mol. The zero-order chi connectivity index (χ0) is 19.8. The first-order chi connectivity index (χ1) is 13.4. The van der Waals surface area contributed by atoms with E-state index in [0.717, 1.165) is 33.0 Å². The summed E-state index contributed by atoms with van der Waals surface area (Å²) in [6, 6.07) is 13.5. The maximum atomic E-state index is 12.9. The second-order valence-corrected chi connectivity index (χ2v) is 8.34. The topological polar surface area (TPSA) is 51.3 Å². The van der Waals surface area contributed by atoms with Crippen LogP contribution in [-0.2, 0) is 13.1 Å². The molecule has 0 aliphatic heterocycles. The SMILES string of the molecule is Cc1ccc(CN(C)C(=O)c2cc3c(C)nn(Cc4ccc(Cl)cc4)c3s2)o1. The van der Waals surface area contributed by atoms with Crippen LogP contribution in [0.25, 0.3) is 10.2 Å². The van der Waals surface area contributed by atoms with Crippen LogP contribution in [0.2, 0.25) is 5.02 Å². The predicted molar refractivity (Wildman–Crippen MR) is 112 cm³/mol. The second-order valence-electron chi connectivity index (χ2n) is 6.87. The van der Waals surface area contributed by atoms with Gasteiger partial charge in [-0.2, -0.15) is 5.10 Å². The van der Waals surface area contributed by atoms with E-state index in [4.69, 9.17) is 16.0 Å². The molecule has 1 amide bonds. The molecule has 28 heavy (non-hydrogen) atoms. The first-order valence-electron chi connectivity index (χ1n) is 8.93. The number of thiophene rings is 1. The summed E-state index contributed by atoms with van der Waals surface area (Å²) < 4.78 is 7.53. The fourth-order valence-corrected chi connectivity index (χ4v) is 4.43. The fourth-order valence-electron chi connectivity index (χ4n) is 3.15. The largest absolute Gasteiger partial charge is 0.464 e. The normalized spacial score (nSPS) is 11.3. The van der Waals surface area contributed by atoms with Crippen LogP contribution in [0.15, 0.2) is 46.9 Å². The van der Waals surface area contributed by atoms with Gasteiger partial charge >= 0.3 is 0 Å². The van der Waals surface area contributed by atoms with Crippen LogP contribution in [0.3, 0.4) is 0 Å². The number of aromatic nitrogens is 2. The number of aryl methyl sites for hydroxylation is 2. The van der Waals surface area contributed by atoms with Crippen molar-refractivity contribution in [2.24, 2.45) is 0 Å². The summed E-state index contributed by atoms with van der Waals surface area (Å²) in [6.07, 6.45) is 0. The average molecular weight is 414 g/mol. The molecule has 3 aromatic heterocycles. The van der Waals surface area contributed by atoms with E-state index in [0.29, 0.717) is 23.0 Å². The number of hydrogen-bond donors (Lipinski definition) is 0. The summed E-state index contributed by atoms with van der Waals surface area (Å²) in [6.45, 7) is 4.94. The number of rotatable bonds is 5. The highest BCUT2D eigenvalue weighted by molar-refractivity contribution is 7.20. The Morgan fingerprint density at radius 1 is 1.21 bits per heavy atom. The van der Waals surface area contributed by atoms with E-state index in [2.05, 4.69) is 5.10 Å². The van der Waals surface area contributed by atoms with E-state index >= 15 is 0 Å². The van der Waals surface area contributed by atoms with Gasteiger partial charge in [0.05, 0.1) is 23.7 Å². The highest BCUT2D eigenvalue weighted by atomic mass is 35.5. The number of halogens is 1. The molecule has 0 aliphatic rings. The zero-order valence-electron chi connectivity index (χ0n) is 15.9. The van der Waals surface area contributed by atoms with E-state index in [9.17, 15) is 4.79 Å². The maximum absolute atomic E-state index is 12.9. The Labute approximate surface area is 172 Å². The molecular formula is C21H20ClN3O2S. The Kier molecular flexibility index (Phi) is 5.00. The Morgan fingerprint density at radius 3 is 2.64 bits per heavy atom. The summed E-state index contributed by atoms with van der Waals surface area (Å²) in [4.78, 5) is 16.3. The Bertz CT molecular complexity index is 1140. The molecule has 0 aliphatic carbocycles. The van der Waals surface area contributed by atoms with Gasteiger partial charge in [0.2, 0.25) is 0 Å². The van der Waals surface area contributed by atoms with Gasteiger partial charge in [-0.1, -0.05) is 23.7 Å². The highest BCUT2D eigenvalue weighted by Crippen LogP contribution is 2.30. The number of carbonyl (C=O) groups is 1. The summed E-state index contributed by atoms with van der Waals surface area (Å²) >= 11 is 7.44. The van der Waals surface area contributed by atoms with E-state index in [1.165, 1.54) is 11.3 Å². The molecule has 0 atom stereocenters. The lowest BCUT2D eigenvalue weighted by Crippen LogP contribution is -2.25. The van der Waals surface area contributed by atoms with Crippen LogP contribution >= 0.6 is 22.9 Å². The van der Waals surface area contributed by atoms with Gasteiger partial charge in [0.1, 0.15) is 16.4 Å². The van der Waals surface area contributed by atoms with Crippen LogP contribution in [0.5, 0.6) is 0 Å². The van der Waals surface area contributed by atoms with Gasteiger partial charge in [0.15, 0.2) is 0 Å². The van der Waals surface area contributed by atoms with Gasteiger partial charge in [-0.3, -0.25) is 9.48 Å². The van der Waals surface area contributed by atoms with Crippen molar-refractivity contribution < 1.29 is 9.21 Å². The molecule has 0 bridgehead atoms. The number of benzene rings is 1. The molecule has 0 saturated carbocycles. The second kappa shape index (κ2) is 7.45. The molecule has 0 spiro atoms. The molecule has 0 unspecified atom stereocenters. The molecule has 4 rings (SSSR count). The third-order valence-electron chi connectivity index (χ3n) is 4.60. The lowest BCUT2D eigenvalue weighted by Gasteiger charge is -2.14. The number of carbonyl (C=O) groups excluding carboxylic acids is 1. The van der Waals surface area contributed by atoms with Crippen molar-refractivity contribution >= 4 is 39.1 Å². The molecule has 3 heterocycles. The smallest absolute Gasteiger partial charge is 0.264 e. The summed E-state index contributed by atoms with van der Waals surface area (Å²) in [5.41, 5.74) is 2.03. The molecule has 5 nitrogen and oxygen atoms in total. The molecule has 7 heteroatoms. The van der Waals surface area contributed by atoms with E-state index in [-0.39, 0.29) is 5.91 Å². The summed E-state index contributed by atoms with van der Waals surface area (Å²) in [5.74, 6) is 1.60. The molecule has 0 radical (unpaired) electrons. The Hall–Kier alpha value is -2.57. The lowest BCUT2D eigenvalue weighted by atomic mass is 10.2. The quantitative estimate of drug-likeness (QED) is 0.447. The number of nitrogens with zero attached hydrogens (tertiary/aromatic N) is 3. The molecule has 0 N–H and O–H groups in total. The minimum atomic E-state index is -0.0207. The minimum Gasteiger partial charge on any atom is -0.464 e. The lowest BCUT2D eigenvalue weighted by molar-refractivity contribution is 0.0780. The minimum absolute atomic E-state index is 0.0207. The average Bonchev–Trinajstić information content (AvgIpc) is 3.34. The van der Waals surface area contributed by atoms with Crippen molar-refractivity contribution in [1.29, 1.82) is 0 Å². The van der Waals surface area contributed by atoms with Gasteiger partial charge in [-0.25, -0.2) is 0 Å². The highest BCUT2D eigenvalue weighted by Gasteiger charge is 2.20. The first kappa shape index (κ1) is 18.8. The predicted octanol–water partition coefficient (Wildman–Crippen LogP) is 5.28. The summed E-state index contributed by atoms with van der Waals surface area (Å²) in [7, 11) is 1.79. The maximum Gasteiger partial charge on any atom is 0.264 e. The third kappa shape index (κ3) is 3.70. The van der Waals surface area contributed by atoms with E-state index in [1.54, 1.807) is 11.9 Å². The standard InChI is InChI=1S/C21H20ClN3O2S/c1-13-4-9-17(27-13)12-24(3)20(26)19-10-18-14(2)23-25(21(18)28-19)11-15-5-7-16(22)8-6-15/h4-10H,11-12H2,1-3H3. The van der Waals surface area contributed by atoms with Crippen molar-refractivity contribution in [3.05, 3.63) is 75.1 Å². The van der Waals surface area contributed by atoms with Crippen LogP contribution in [0.4, 0.5) is 0 Å². The first-order valence-corrected chi connectivity index (χ1v) is 10.1. The Balaban J connectivity index is 1.58. The van der Waals surface area contributed by atoms with Gasteiger partial charge < -0.3 is 9.32 Å². The van der Waals surface area contributed by atoms with Crippen LogP contribution < -0.4 is 0 Å². The fraction of sp³-hybridized carbons (Fsp3) is 0.238. The Morgan fingerprint density at radius 2 is 1.96 bits per heavy atom. The van der Waals surface area contributed by atoms with E-state index < -0.39 is 0 Å². The zero-order valence-corrected chi connectivity index (χ0v) is 17.5. The van der Waals surface area contributed by atoms with Gasteiger partial charge in [-0.15, -0.1) is 11.3 Å². The van der Waals surface area contributed by atoms with E-state index in [1.807, 2.05) is 61.0 Å². The summed E-state index contributed by atoms with van der Waals surface area (Å²) in [5, 5.41) is 6.37. The van der Waals surface area contributed by atoms with Gasteiger partial charge in [0, 0.05) is 17.5 Å². The van der Waals surface area contributed by atoms with Crippen molar-refractivity contribution in [2.45, 2.75) is 26.9 Å². The van der Waals surface area contributed by atoms with Gasteiger partial charge in [-0.05, 0) is 49.7 Å². The molecule has 1 aromatic carbocycles. The van der Waals surface area contributed by atoms with Crippen LogP contribution in [-0.4, -0.2) is 27.6 Å². The van der Waals surface area contributed by atoms with Crippen molar-refractivity contribution in [3.63, 3.8) is 0 Å².